The fourth-order valence-corrected chi connectivity index (χ4v) is 12.4. The lowest BCUT2D eigenvalue weighted by molar-refractivity contribution is -0.134. The molecular weight excluding hydrogens is 991 g/mol. The number of aromatic nitrogens is 4. The number of hydrogen-bond donors (Lipinski definition) is 2. The van der Waals surface area contributed by atoms with E-state index < -0.39 is 17.5 Å². The zero-order valence-corrected chi connectivity index (χ0v) is 45.2. The molecule has 1 saturated carbocycles. The van der Waals surface area contributed by atoms with Gasteiger partial charge in [-0.2, -0.15) is 5.10 Å². The molecule has 2 N–H and O–H groups in total. The number of thiazole rings is 1. The molecule has 6 heterocycles. The zero-order valence-electron chi connectivity index (χ0n) is 44.4. The second kappa shape index (κ2) is 21.4. The first kappa shape index (κ1) is 51.4. The Morgan fingerprint density at radius 3 is 2.39 bits per heavy atom. The number of carbonyl (C=O) groups excluding carboxylic acids is 5. The molecule has 1 unspecified atom stereocenters. The summed E-state index contributed by atoms with van der Waals surface area (Å²) in [5.74, 6) is 0.325. The molecule has 3 aliphatic heterocycles. The highest BCUT2D eigenvalue weighted by Gasteiger charge is 2.33. The number of carbonyl (C=O) groups is 5. The van der Waals surface area contributed by atoms with Gasteiger partial charge in [-0.3, -0.25) is 34.5 Å². The summed E-state index contributed by atoms with van der Waals surface area (Å²) in [6.45, 7) is 11.4. The number of esters is 1. The Labute approximate surface area is 452 Å². The van der Waals surface area contributed by atoms with E-state index in [1.165, 1.54) is 11.3 Å². The van der Waals surface area contributed by atoms with Gasteiger partial charge in [-0.05, 0) is 155 Å². The van der Waals surface area contributed by atoms with Crippen molar-refractivity contribution in [3.05, 3.63) is 125 Å². The number of amides is 4. The maximum absolute atomic E-state index is 14.1. The molecule has 17 heteroatoms. The highest BCUT2D eigenvalue weighted by molar-refractivity contribution is 7.22. The summed E-state index contributed by atoms with van der Waals surface area (Å²) >= 11 is 1.44. The number of nitrogens with one attached hydrogen (secondary N) is 2. The Balaban J connectivity index is 0.700. The number of piperidine rings is 1. The number of fused-ring (bicyclic) bond motifs is 3. The van der Waals surface area contributed by atoms with Crippen LogP contribution in [0.15, 0.2) is 91.0 Å². The van der Waals surface area contributed by atoms with Gasteiger partial charge >= 0.3 is 5.97 Å². The van der Waals surface area contributed by atoms with Gasteiger partial charge in [0.05, 0.1) is 33.4 Å². The Morgan fingerprint density at radius 1 is 0.818 bits per heavy atom. The van der Waals surface area contributed by atoms with E-state index in [0.717, 1.165) is 100 Å². The third kappa shape index (κ3) is 11.0. The summed E-state index contributed by atoms with van der Waals surface area (Å²) in [5.41, 5.74) is 7.99. The number of pyridine rings is 1. The molecule has 4 aromatic carbocycles. The summed E-state index contributed by atoms with van der Waals surface area (Å²) < 4.78 is 15.6. The molecule has 398 valence electrons. The maximum atomic E-state index is 14.1. The van der Waals surface area contributed by atoms with E-state index in [-0.39, 0.29) is 35.4 Å². The minimum atomic E-state index is -0.752. The molecule has 3 aromatic heterocycles. The summed E-state index contributed by atoms with van der Waals surface area (Å²) in [6, 6.07) is 29.7. The Bertz CT molecular complexity index is 3400. The van der Waals surface area contributed by atoms with Crippen LogP contribution in [0, 0.1) is 12.8 Å². The number of aryl methyl sites for hydroxylation is 1. The van der Waals surface area contributed by atoms with Crippen LogP contribution < -0.4 is 25.2 Å². The molecule has 7 aromatic rings. The smallest absolute Gasteiger partial charge is 0.358 e. The van der Waals surface area contributed by atoms with E-state index in [1.807, 2.05) is 117 Å². The minimum Gasteiger partial charge on any atom is -0.490 e. The highest BCUT2D eigenvalue weighted by Crippen LogP contribution is 2.39. The van der Waals surface area contributed by atoms with Gasteiger partial charge in [-0.25, -0.2) is 14.8 Å². The van der Waals surface area contributed by atoms with Crippen LogP contribution in [-0.2, 0) is 39.1 Å². The molecule has 0 bridgehead atoms. The van der Waals surface area contributed by atoms with Gasteiger partial charge in [-0.1, -0.05) is 47.7 Å². The fourth-order valence-electron chi connectivity index (χ4n) is 11.5. The second-order valence-corrected chi connectivity index (χ2v) is 23.0. The quantitative estimate of drug-likeness (QED) is 0.0875. The maximum Gasteiger partial charge on any atom is 0.358 e. The molecule has 0 spiro atoms. The molecule has 77 heavy (non-hydrogen) atoms. The first-order chi connectivity index (χ1) is 37.1. The predicted molar refractivity (Wildman–Crippen MR) is 299 cm³/mol. The van der Waals surface area contributed by atoms with Crippen LogP contribution in [0.4, 0.5) is 16.6 Å². The summed E-state index contributed by atoms with van der Waals surface area (Å²) in [4.78, 5) is 82.0. The number of imide groups is 1. The monoisotopic (exact) mass is 1060 g/mol. The van der Waals surface area contributed by atoms with Crippen LogP contribution in [0.5, 0.6) is 5.75 Å². The van der Waals surface area contributed by atoms with Crippen molar-refractivity contribution in [1.29, 1.82) is 0 Å². The van der Waals surface area contributed by atoms with Crippen molar-refractivity contribution in [2.75, 3.05) is 47.8 Å². The van der Waals surface area contributed by atoms with Gasteiger partial charge in [0, 0.05) is 81.4 Å². The van der Waals surface area contributed by atoms with Crippen molar-refractivity contribution < 1.29 is 33.4 Å². The Kier molecular flexibility index (Phi) is 14.3. The molecular formula is C60H65N9O7S. The second-order valence-electron chi connectivity index (χ2n) is 21.9. The van der Waals surface area contributed by atoms with Crippen LogP contribution >= 0.6 is 11.3 Å². The first-order valence-electron chi connectivity index (χ1n) is 27.0. The van der Waals surface area contributed by atoms with E-state index in [0.29, 0.717) is 85.6 Å². The van der Waals surface area contributed by atoms with E-state index in [9.17, 15) is 24.0 Å². The molecule has 0 radical (unpaired) electrons. The number of benzene rings is 4. The van der Waals surface area contributed by atoms with E-state index in [2.05, 4.69) is 43.6 Å². The zero-order chi connectivity index (χ0) is 53.5. The first-order valence-corrected chi connectivity index (χ1v) is 27.8. The molecule has 3 fully saturated rings. The highest BCUT2D eigenvalue weighted by atomic mass is 32.1. The number of piperazine rings is 1. The topological polar surface area (TPSA) is 181 Å². The van der Waals surface area contributed by atoms with Crippen molar-refractivity contribution >= 4 is 78.7 Å². The summed E-state index contributed by atoms with van der Waals surface area (Å²) in [5, 5.41) is 11.7. The lowest BCUT2D eigenvalue weighted by atomic mass is 9.84. The van der Waals surface area contributed by atoms with Gasteiger partial charge in [0.25, 0.3) is 5.91 Å². The SMILES string of the molecule is Cc1c(O[C@H]2CC[C@H](CCC(=O)N3CCN(c4ccc5c(C6CCC(=O)NC6=O)nn(C)c5c4)CC3)CC2)cccc1-c1ccc(N2CCc3cccc(C(=O)Nc4nc5ccccc5s4)c3C2)nc1C(=O)OC(C)(C)C. The van der Waals surface area contributed by atoms with Gasteiger partial charge < -0.3 is 24.2 Å². The third-order valence-corrected chi connectivity index (χ3v) is 16.6. The van der Waals surface area contributed by atoms with Crippen molar-refractivity contribution in [2.24, 2.45) is 13.0 Å². The van der Waals surface area contributed by atoms with Crippen LogP contribution in [0.25, 0.3) is 32.2 Å². The molecule has 2 saturated heterocycles. The van der Waals surface area contributed by atoms with Crippen LogP contribution in [0.2, 0.25) is 0 Å². The van der Waals surface area contributed by atoms with Gasteiger partial charge in [0.1, 0.15) is 17.2 Å². The largest absolute Gasteiger partial charge is 0.490 e. The molecule has 11 rings (SSSR count). The lowest BCUT2D eigenvalue weighted by Gasteiger charge is -2.36. The number of ether oxygens (including phenoxy) is 2. The molecule has 16 nitrogen and oxygen atoms in total. The summed E-state index contributed by atoms with van der Waals surface area (Å²) in [6.07, 6.45) is 6.62. The number of anilines is 3. The fraction of sp³-hybridized carbons (Fsp3) is 0.400. The number of hydrogen-bond acceptors (Lipinski definition) is 13. The predicted octanol–water partition coefficient (Wildman–Crippen LogP) is 9.91. The van der Waals surface area contributed by atoms with Crippen LogP contribution in [0.3, 0.4) is 0 Å². The van der Waals surface area contributed by atoms with Gasteiger partial charge in [0.15, 0.2) is 10.8 Å². The van der Waals surface area contributed by atoms with Crippen LogP contribution in [-0.4, -0.2) is 98.7 Å². The molecule has 4 amide bonds. The van der Waals surface area contributed by atoms with Gasteiger partial charge in [-0.15, -0.1) is 0 Å². The average Bonchev–Trinajstić information content (AvgIpc) is 4.11. The molecule has 1 atom stereocenters. The van der Waals surface area contributed by atoms with Crippen molar-refractivity contribution in [3.63, 3.8) is 0 Å². The van der Waals surface area contributed by atoms with Crippen LogP contribution in [0.1, 0.15) is 121 Å². The van der Waals surface area contributed by atoms with Crippen molar-refractivity contribution in [1.82, 2.24) is 30.0 Å². The lowest BCUT2D eigenvalue weighted by Crippen LogP contribution is -2.48. The Morgan fingerprint density at radius 2 is 1.61 bits per heavy atom. The van der Waals surface area contributed by atoms with E-state index in [4.69, 9.17) is 19.6 Å². The standard InChI is InChI=1S/C60H65N9O7S/c1-36-41(42-23-25-51(62-55(42)58(74)76-60(2,3)4)69-29-28-38-10-8-12-43(46(38)35-69)56(72)64-59-61-47-13-6-7-15-50(47)77-59)11-9-14-49(36)75-40-20-16-37(17-21-40)18-27-53(71)68-32-30-67(31-33-68)39-19-22-44-48(34-39)66(5)65-54(44)45-24-26-52(70)63-57(45)73/h6-15,19,22-23,25,34,37,40,45H,16-18,20-21,24,26-33,35H2,1-5H3,(H,61,64,72)(H,63,70,73)/t37-,40-,45?. The number of rotatable bonds is 12. The van der Waals surface area contributed by atoms with E-state index >= 15 is 0 Å². The third-order valence-electron chi connectivity index (χ3n) is 15.7. The van der Waals surface area contributed by atoms with Crippen molar-refractivity contribution in [2.45, 2.75) is 110 Å². The average molecular weight is 1060 g/mol. The number of nitrogens with zero attached hydrogens (tertiary/aromatic N) is 7. The van der Waals surface area contributed by atoms with Gasteiger partial charge in [0.2, 0.25) is 17.7 Å². The van der Waals surface area contributed by atoms with Crippen molar-refractivity contribution in [3.8, 4) is 16.9 Å². The van der Waals surface area contributed by atoms with E-state index in [1.54, 1.807) is 0 Å². The molecule has 1 aliphatic carbocycles. The molecule has 4 aliphatic rings. The summed E-state index contributed by atoms with van der Waals surface area (Å²) in [7, 11) is 1.88. The Hall–Kier alpha value is -7.66. The number of para-hydroxylation sites is 1. The minimum absolute atomic E-state index is 0.0274. The normalized spacial score (nSPS) is 19.0.